The van der Waals surface area contributed by atoms with E-state index in [4.69, 9.17) is 37.0 Å². The maximum Gasteiger partial charge on any atom is 0.335 e. The van der Waals surface area contributed by atoms with Crippen LogP contribution in [0.2, 0.25) is 10.3 Å². The Kier molecular flexibility index (Phi) is 9.37. The highest BCUT2D eigenvalue weighted by atomic mass is 35.5. The molecule has 14 nitrogen and oxygen atoms in total. The molecule has 1 aliphatic heterocycles. The van der Waals surface area contributed by atoms with Crippen LogP contribution in [-0.4, -0.2) is 75.8 Å². The number of halogens is 2. The maximum absolute atomic E-state index is 11.7. The Hall–Kier alpha value is -2.48. The SMILES string of the molecule is O=P(O)(O)CP(OC[C@H]1O[C@@H](n2nnc3c(NCc4ccccc4Cl)nc(Cl)nc32)[C@H](O)[C@@H]1O)Oc1ccccc1. The second-order valence-electron chi connectivity index (χ2n) is 8.88. The summed E-state index contributed by atoms with van der Waals surface area (Å²) in [7, 11) is -6.62. The molecule has 41 heavy (non-hydrogen) atoms. The molecule has 18 heteroatoms. The van der Waals surface area contributed by atoms with E-state index in [9.17, 15) is 24.6 Å². The molecule has 0 aliphatic carbocycles. The van der Waals surface area contributed by atoms with Gasteiger partial charge < -0.3 is 39.1 Å². The van der Waals surface area contributed by atoms with Crippen LogP contribution in [0.1, 0.15) is 11.8 Å². The molecule has 3 heterocycles. The van der Waals surface area contributed by atoms with Crippen molar-refractivity contribution in [3.63, 3.8) is 0 Å². The molecule has 5 atom stereocenters. The number of ether oxygens (including phenoxy) is 1. The van der Waals surface area contributed by atoms with Gasteiger partial charge in [0.25, 0.3) is 0 Å². The molecule has 1 unspecified atom stereocenters. The fraction of sp³-hybridized carbons (Fsp3) is 0.304. The summed E-state index contributed by atoms with van der Waals surface area (Å²) in [5.74, 6) is -0.0678. The summed E-state index contributed by atoms with van der Waals surface area (Å²) >= 11 is 12.4. The van der Waals surface area contributed by atoms with E-state index in [1.54, 1.807) is 36.4 Å². The van der Waals surface area contributed by atoms with E-state index in [1.807, 2.05) is 18.2 Å². The Labute approximate surface area is 244 Å². The molecular weight excluding hydrogens is 621 g/mol. The first-order chi connectivity index (χ1) is 19.6. The number of aromatic nitrogens is 5. The third-order valence-electron chi connectivity index (χ3n) is 5.91. The lowest BCUT2D eigenvalue weighted by atomic mass is 10.1. The fourth-order valence-electron chi connectivity index (χ4n) is 3.99. The minimum atomic E-state index is -4.50. The smallest absolute Gasteiger partial charge is 0.335 e. The van der Waals surface area contributed by atoms with Gasteiger partial charge in [-0.3, -0.25) is 4.57 Å². The van der Waals surface area contributed by atoms with Crippen LogP contribution < -0.4 is 9.84 Å². The van der Waals surface area contributed by atoms with Gasteiger partial charge in [-0.05, 0) is 35.4 Å². The highest BCUT2D eigenvalue weighted by Crippen LogP contribution is 2.53. The van der Waals surface area contributed by atoms with E-state index >= 15 is 0 Å². The predicted octanol–water partition coefficient (Wildman–Crippen LogP) is 3.30. The lowest BCUT2D eigenvalue weighted by Crippen LogP contribution is -2.33. The Morgan fingerprint density at radius 1 is 1.05 bits per heavy atom. The Morgan fingerprint density at radius 3 is 2.51 bits per heavy atom. The average Bonchev–Trinajstić information content (AvgIpc) is 3.46. The molecule has 0 amide bonds. The zero-order valence-corrected chi connectivity index (χ0v) is 24.2. The standard InChI is InChI=1S/C23H24Cl2N6O8P2/c24-15-9-5-4-6-13(15)10-26-20-17-21(28-23(25)27-20)31(30-29-17)22-19(33)18(32)16(38-22)11-37-40(12-41(34,35)36)39-14-7-2-1-3-8-14/h1-9,16,18-19,22,32-33H,10-12H2,(H,26,27,28)(H2,34,35,36)/t16-,18-,19-,22-,40?/m1/s1. The van der Waals surface area contributed by atoms with Gasteiger partial charge in [-0.2, -0.15) is 14.6 Å². The zero-order chi connectivity index (χ0) is 29.1. The largest absolute Gasteiger partial charge is 0.447 e. The number of hydrogen-bond donors (Lipinski definition) is 5. The van der Waals surface area contributed by atoms with Crippen molar-refractivity contribution in [1.29, 1.82) is 0 Å². The van der Waals surface area contributed by atoms with Crippen LogP contribution in [-0.2, 0) is 20.4 Å². The summed E-state index contributed by atoms with van der Waals surface area (Å²) < 4.78 is 29.9. The summed E-state index contributed by atoms with van der Waals surface area (Å²) in [6.07, 6.45) is -5.28. The lowest BCUT2D eigenvalue weighted by Gasteiger charge is -2.21. The highest BCUT2D eigenvalue weighted by Gasteiger charge is 2.46. The molecule has 5 rings (SSSR count). The van der Waals surface area contributed by atoms with Crippen molar-refractivity contribution in [1.82, 2.24) is 25.0 Å². The quantitative estimate of drug-likeness (QED) is 0.118. The van der Waals surface area contributed by atoms with Gasteiger partial charge in [0.05, 0.1) is 6.61 Å². The first kappa shape index (κ1) is 30.0. The van der Waals surface area contributed by atoms with Crippen LogP contribution in [0.4, 0.5) is 5.82 Å². The van der Waals surface area contributed by atoms with E-state index in [0.29, 0.717) is 17.3 Å². The molecule has 0 spiro atoms. The van der Waals surface area contributed by atoms with Crippen LogP contribution in [0.15, 0.2) is 54.6 Å². The second-order valence-corrected chi connectivity index (χ2v) is 13.2. The Bertz CT molecular complexity index is 1550. The molecule has 0 saturated carbocycles. The van der Waals surface area contributed by atoms with Gasteiger partial charge in [-0.1, -0.05) is 53.2 Å². The zero-order valence-electron chi connectivity index (χ0n) is 20.9. The van der Waals surface area contributed by atoms with Crippen LogP contribution in [0.3, 0.4) is 0 Å². The Balaban J connectivity index is 1.31. The number of hydrogen-bond acceptors (Lipinski definition) is 11. The summed E-state index contributed by atoms with van der Waals surface area (Å²) in [6, 6.07) is 15.6. The molecule has 0 bridgehead atoms. The number of para-hydroxylation sites is 1. The second kappa shape index (κ2) is 12.8. The topological polar surface area (TPSA) is 194 Å². The number of rotatable bonds is 11. The first-order valence-electron chi connectivity index (χ1n) is 12.0. The van der Waals surface area contributed by atoms with Gasteiger partial charge in [-0.15, -0.1) is 5.10 Å². The van der Waals surface area contributed by atoms with E-state index in [2.05, 4.69) is 25.6 Å². The summed E-state index contributed by atoms with van der Waals surface area (Å²) in [4.78, 5) is 27.3. The van der Waals surface area contributed by atoms with Crippen LogP contribution >= 0.6 is 39.2 Å². The molecule has 1 aliphatic rings. The van der Waals surface area contributed by atoms with Gasteiger partial charge in [0.2, 0.25) is 13.7 Å². The van der Waals surface area contributed by atoms with Crippen molar-refractivity contribution in [2.75, 3.05) is 17.8 Å². The van der Waals surface area contributed by atoms with Gasteiger partial charge in [-0.25, -0.2) is 0 Å². The van der Waals surface area contributed by atoms with E-state index < -0.39 is 46.4 Å². The number of aliphatic hydroxyl groups excluding tert-OH is 2. The van der Waals surface area contributed by atoms with Gasteiger partial charge in [0.15, 0.2) is 23.2 Å². The van der Waals surface area contributed by atoms with Crippen molar-refractivity contribution < 1.29 is 38.3 Å². The average molecular weight is 645 g/mol. The normalized spacial score (nSPS) is 21.7. The van der Waals surface area contributed by atoms with Gasteiger partial charge in [0.1, 0.15) is 30.0 Å². The number of anilines is 1. The highest BCUT2D eigenvalue weighted by molar-refractivity contribution is 7.67. The minimum absolute atomic E-state index is 0.126. The number of nitrogens with zero attached hydrogens (tertiary/aromatic N) is 5. The minimum Gasteiger partial charge on any atom is -0.447 e. The molecule has 1 fully saturated rings. The van der Waals surface area contributed by atoms with Crippen LogP contribution in [0.25, 0.3) is 11.2 Å². The van der Waals surface area contributed by atoms with Crippen LogP contribution in [0.5, 0.6) is 5.75 Å². The van der Waals surface area contributed by atoms with Crippen molar-refractivity contribution in [3.05, 3.63) is 70.5 Å². The third-order valence-corrected chi connectivity index (χ3v) is 9.70. The molecule has 2 aromatic heterocycles. The van der Waals surface area contributed by atoms with E-state index in [0.717, 1.165) is 10.2 Å². The lowest BCUT2D eigenvalue weighted by molar-refractivity contribution is -0.0538. The molecule has 1 saturated heterocycles. The number of benzene rings is 2. The number of nitrogens with one attached hydrogen (secondary N) is 1. The van der Waals surface area contributed by atoms with Crippen molar-refractivity contribution >= 4 is 56.2 Å². The van der Waals surface area contributed by atoms with E-state index in [1.165, 1.54) is 0 Å². The Morgan fingerprint density at radius 2 is 1.78 bits per heavy atom. The van der Waals surface area contributed by atoms with Gasteiger partial charge in [0, 0.05) is 11.6 Å². The van der Waals surface area contributed by atoms with E-state index in [-0.39, 0.29) is 28.9 Å². The number of fused-ring (bicyclic) bond motifs is 1. The van der Waals surface area contributed by atoms with Crippen molar-refractivity contribution in [2.45, 2.75) is 31.1 Å². The van der Waals surface area contributed by atoms with Gasteiger partial charge >= 0.3 is 7.60 Å². The van der Waals surface area contributed by atoms with Crippen molar-refractivity contribution in [2.24, 2.45) is 0 Å². The van der Waals surface area contributed by atoms with Crippen molar-refractivity contribution in [3.8, 4) is 5.75 Å². The summed E-state index contributed by atoms with van der Waals surface area (Å²) in [5.41, 5.74) is 1.16. The molecule has 5 N–H and O–H groups in total. The molecule has 4 aromatic rings. The van der Waals surface area contributed by atoms with Crippen LogP contribution in [0, 0.1) is 0 Å². The summed E-state index contributed by atoms with van der Waals surface area (Å²) in [6.45, 7) is -0.0431. The third kappa shape index (κ3) is 7.30. The summed E-state index contributed by atoms with van der Waals surface area (Å²) in [5, 5.41) is 33.2. The molecule has 218 valence electrons. The number of aliphatic hydroxyl groups is 2. The molecular formula is C23H24Cl2N6O8P2. The fourth-order valence-corrected chi connectivity index (χ4v) is 6.84. The molecule has 2 aromatic carbocycles. The monoisotopic (exact) mass is 644 g/mol. The predicted molar refractivity (Wildman–Crippen MR) is 150 cm³/mol. The maximum atomic E-state index is 11.7. The first-order valence-corrected chi connectivity index (χ1v) is 16.0. The molecule has 0 radical (unpaired) electrons.